The molecule has 0 spiro atoms. The second-order valence-corrected chi connectivity index (χ2v) is 8.78. The van der Waals surface area contributed by atoms with Crippen molar-refractivity contribution < 1.29 is 26.3 Å². The Balaban J connectivity index is 1.97. The first-order valence-electron chi connectivity index (χ1n) is 5.37. The average Bonchev–Trinajstić information content (AvgIpc) is 2.12. The van der Waals surface area contributed by atoms with Crippen LogP contribution in [0.5, 0.6) is 0 Å². The van der Waals surface area contributed by atoms with Crippen molar-refractivity contribution in [2.45, 2.75) is 31.7 Å². The normalized spacial score (nSPS) is 37.5. The van der Waals surface area contributed by atoms with Crippen molar-refractivity contribution in [2.75, 3.05) is 11.5 Å². The first-order valence-corrected chi connectivity index (χ1v) is 8.52. The molecule has 1 aliphatic carbocycles. The molecular formula is C9H13F3O3S2. The summed E-state index contributed by atoms with van der Waals surface area (Å²) in [7, 11) is -2.21. The van der Waals surface area contributed by atoms with Crippen LogP contribution in [0.2, 0.25) is 0 Å². The highest BCUT2D eigenvalue weighted by molar-refractivity contribution is 8.72. The van der Waals surface area contributed by atoms with Crippen LogP contribution < -0.4 is 0 Å². The highest BCUT2D eigenvalue weighted by Gasteiger charge is 2.42. The van der Waals surface area contributed by atoms with Gasteiger partial charge in [0.25, 0.3) is 0 Å². The van der Waals surface area contributed by atoms with Crippen LogP contribution in [0.1, 0.15) is 19.3 Å². The van der Waals surface area contributed by atoms with E-state index in [2.05, 4.69) is 4.74 Å². The summed E-state index contributed by atoms with van der Waals surface area (Å²) in [6.45, 7) is 0. The molecule has 3 atom stereocenters. The fourth-order valence-electron chi connectivity index (χ4n) is 2.50. The second kappa shape index (κ2) is 4.62. The molecular weight excluding hydrogens is 277 g/mol. The molecule has 8 heteroatoms. The number of rotatable bonds is 1. The summed E-state index contributed by atoms with van der Waals surface area (Å²) in [6, 6.07) is 0. The van der Waals surface area contributed by atoms with Crippen molar-refractivity contribution >= 4 is 19.7 Å². The van der Waals surface area contributed by atoms with Gasteiger partial charge in [0.15, 0.2) is 0 Å². The molecule has 0 amide bonds. The minimum absolute atomic E-state index is 0.0138. The quantitative estimate of drug-likeness (QED) is 0.695. The van der Waals surface area contributed by atoms with Crippen LogP contribution >= 0.6 is 10.8 Å². The molecule has 2 fully saturated rings. The van der Waals surface area contributed by atoms with Gasteiger partial charge in [0.05, 0.1) is 11.9 Å². The summed E-state index contributed by atoms with van der Waals surface area (Å²) in [5.41, 5.74) is 0. The van der Waals surface area contributed by atoms with Gasteiger partial charge in [-0.15, -0.1) is 13.2 Å². The summed E-state index contributed by atoms with van der Waals surface area (Å²) in [5, 5.41) is 0. The molecule has 1 saturated carbocycles. The van der Waals surface area contributed by atoms with Gasteiger partial charge in [0, 0.05) is 5.75 Å². The third-order valence-electron chi connectivity index (χ3n) is 3.27. The van der Waals surface area contributed by atoms with Crippen LogP contribution in [-0.4, -0.2) is 32.4 Å². The van der Waals surface area contributed by atoms with E-state index in [1.54, 1.807) is 0 Å². The third kappa shape index (κ3) is 3.75. The summed E-state index contributed by atoms with van der Waals surface area (Å²) in [5.74, 6) is 0.533. The van der Waals surface area contributed by atoms with Gasteiger partial charge in [-0.2, -0.15) is 0 Å². The van der Waals surface area contributed by atoms with Crippen LogP contribution in [0.4, 0.5) is 13.2 Å². The van der Waals surface area contributed by atoms with E-state index in [1.165, 1.54) is 0 Å². The molecule has 0 N–H and O–H groups in total. The highest BCUT2D eigenvalue weighted by atomic mass is 33.1. The zero-order valence-corrected chi connectivity index (χ0v) is 10.6. The van der Waals surface area contributed by atoms with E-state index in [0.29, 0.717) is 18.6 Å². The van der Waals surface area contributed by atoms with Gasteiger partial charge in [0.2, 0.25) is 8.87 Å². The maximum Gasteiger partial charge on any atom is 0.522 e. The maximum absolute atomic E-state index is 12.1. The van der Waals surface area contributed by atoms with E-state index in [9.17, 15) is 21.6 Å². The summed E-state index contributed by atoms with van der Waals surface area (Å²) < 4.78 is 63.0. The number of halogens is 3. The molecule has 17 heavy (non-hydrogen) atoms. The maximum atomic E-state index is 12.1. The van der Waals surface area contributed by atoms with E-state index in [-0.39, 0.29) is 24.0 Å². The van der Waals surface area contributed by atoms with Gasteiger partial charge in [-0.25, -0.2) is 8.42 Å². The Morgan fingerprint density at radius 1 is 1.18 bits per heavy atom. The molecule has 0 aromatic heterocycles. The van der Waals surface area contributed by atoms with Gasteiger partial charge in [-0.3, -0.25) is 4.74 Å². The largest absolute Gasteiger partial charge is 0.522 e. The lowest BCUT2D eigenvalue weighted by Crippen LogP contribution is -2.39. The zero-order valence-electron chi connectivity index (χ0n) is 8.94. The zero-order chi connectivity index (χ0) is 12.7. The third-order valence-corrected chi connectivity index (χ3v) is 6.93. The Labute approximate surface area is 101 Å². The Morgan fingerprint density at radius 2 is 1.88 bits per heavy atom. The summed E-state index contributed by atoms with van der Waals surface area (Å²) in [4.78, 5) is 0. The molecule has 3 nitrogen and oxygen atoms in total. The standard InChI is InChI=1S/C9H13F3O3S2/c10-9(11,12)15-8-2-1-6-4-16-17(13,14)5-7(6)3-8/h6-8H,1-5H2. The molecule has 100 valence electrons. The first kappa shape index (κ1) is 13.5. The molecule has 1 saturated heterocycles. The number of fused-ring (bicyclic) bond motifs is 1. The van der Waals surface area contributed by atoms with Crippen LogP contribution in [-0.2, 0) is 13.6 Å². The van der Waals surface area contributed by atoms with Crippen LogP contribution in [0.25, 0.3) is 0 Å². The predicted molar refractivity (Wildman–Crippen MR) is 58.0 cm³/mol. The molecule has 2 aliphatic rings. The van der Waals surface area contributed by atoms with Crippen molar-refractivity contribution in [2.24, 2.45) is 11.8 Å². The van der Waals surface area contributed by atoms with Crippen molar-refractivity contribution in [3.8, 4) is 0 Å². The number of hydrogen-bond donors (Lipinski definition) is 0. The molecule has 2 rings (SSSR count). The minimum atomic E-state index is -4.63. The Kier molecular flexibility index (Phi) is 3.66. The van der Waals surface area contributed by atoms with Crippen LogP contribution in [0.3, 0.4) is 0 Å². The van der Waals surface area contributed by atoms with E-state index < -0.39 is 21.3 Å². The summed E-state index contributed by atoms with van der Waals surface area (Å²) >= 11 is 0. The van der Waals surface area contributed by atoms with E-state index in [4.69, 9.17) is 0 Å². The smallest absolute Gasteiger partial charge is 0.289 e. The van der Waals surface area contributed by atoms with Crippen LogP contribution in [0, 0.1) is 11.8 Å². The Morgan fingerprint density at radius 3 is 2.53 bits per heavy atom. The fourth-order valence-corrected chi connectivity index (χ4v) is 6.31. The SMILES string of the molecule is O=S1(=O)CC2CC(OC(F)(F)F)CCC2CS1. The molecule has 1 aliphatic heterocycles. The number of ether oxygens (including phenoxy) is 1. The fraction of sp³-hybridized carbons (Fsp3) is 1.00. The van der Waals surface area contributed by atoms with Gasteiger partial charge in [0.1, 0.15) is 0 Å². The molecule has 3 unspecified atom stereocenters. The predicted octanol–water partition coefficient (Wildman–Crippen LogP) is 2.38. The lowest BCUT2D eigenvalue weighted by molar-refractivity contribution is -0.346. The van der Waals surface area contributed by atoms with Crippen molar-refractivity contribution in [3.05, 3.63) is 0 Å². The first-order chi connectivity index (χ1) is 7.75. The van der Waals surface area contributed by atoms with E-state index in [0.717, 1.165) is 10.8 Å². The molecule has 0 aromatic carbocycles. The topological polar surface area (TPSA) is 43.4 Å². The number of alkyl halides is 3. The monoisotopic (exact) mass is 290 g/mol. The minimum Gasteiger partial charge on any atom is -0.289 e. The summed E-state index contributed by atoms with van der Waals surface area (Å²) in [6.07, 6.45) is -4.33. The molecule has 1 heterocycles. The average molecular weight is 290 g/mol. The molecule has 0 radical (unpaired) electrons. The lowest BCUT2D eigenvalue weighted by atomic mass is 9.80. The Hall–Kier alpha value is 0.0500. The lowest BCUT2D eigenvalue weighted by Gasteiger charge is -2.38. The van der Waals surface area contributed by atoms with Crippen molar-refractivity contribution in [3.63, 3.8) is 0 Å². The van der Waals surface area contributed by atoms with E-state index in [1.807, 2.05) is 0 Å². The molecule has 0 bridgehead atoms. The Bertz CT molecular complexity index is 379. The second-order valence-electron chi connectivity index (χ2n) is 4.53. The number of hydrogen-bond acceptors (Lipinski definition) is 4. The van der Waals surface area contributed by atoms with Crippen molar-refractivity contribution in [1.82, 2.24) is 0 Å². The molecule has 0 aromatic rings. The van der Waals surface area contributed by atoms with Gasteiger partial charge in [-0.1, -0.05) is 0 Å². The van der Waals surface area contributed by atoms with Crippen LogP contribution in [0.15, 0.2) is 0 Å². The van der Waals surface area contributed by atoms with Gasteiger partial charge in [-0.05, 0) is 41.9 Å². The highest BCUT2D eigenvalue weighted by Crippen LogP contribution is 2.42. The van der Waals surface area contributed by atoms with Gasteiger partial charge >= 0.3 is 6.36 Å². The van der Waals surface area contributed by atoms with Crippen molar-refractivity contribution in [1.29, 1.82) is 0 Å². The van der Waals surface area contributed by atoms with Gasteiger partial charge < -0.3 is 0 Å². The van der Waals surface area contributed by atoms with E-state index >= 15 is 0 Å².